The van der Waals surface area contributed by atoms with E-state index in [1.54, 1.807) is 11.0 Å². The van der Waals surface area contributed by atoms with E-state index in [2.05, 4.69) is 30.6 Å². The average Bonchev–Trinajstić information content (AvgIpc) is 2.79. The zero-order valence-electron chi connectivity index (χ0n) is 21.2. The number of carbonyl (C=O) groups excluding carboxylic acids is 2. The van der Waals surface area contributed by atoms with Crippen LogP contribution in [0.15, 0.2) is 18.2 Å². The molecule has 2 fully saturated rings. The van der Waals surface area contributed by atoms with E-state index >= 15 is 0 Å². The summed E-state index contributed by atoms with van der Waals surface area (Å²) in [4.78, 5) is 34.8. The third-order valence-corrected chi connectivity index (χ3v) is 7.61. The summed E-state index contributed by atoms with van der Waals surface area (Å²) in [6.45, 7) is 16.3. The molecule has 0 aliphatic carbocycles. The van der Waals surface area contributed by atoms with Crippen LogP contribution in [0, 0.1) is 0 Å². The number of hydrogen-bond acceptors (Lipinski definition) is 5. The first-order valence-electron chi connectivity index (χ1n) is 12.1. The zero-order valence-corrected chi connectivity index (χ0v) is 22.7. The van der Waals surface area contributed by atoms with Crippen LogP contribution in [-0.4, -0.2) is 89.7 Å². The molecule has 1 atom stereocenters. The Balaban J connectivity index is 1.73. The van der Waals surface area contributed by atoms with Gasteiger partial charge in [-0.25, -0.2) is 4.79 Å². The van der Waals surface area contributed by atoms with Crippen LogP contribution in [0.1, 0.15) is 48.0 Å². The van der Waals surface area contributed by atoms with Gasteiger partial charge in [0.05, 0.1) is 10.0 Å². The van der Waals surface area contributed by atoms with Crippen molar-refractivity contribution in [3.8, 4) is 0 Å². The summed E-state index contributed by atoms with van der Waals surface area (Å²) in [5.41, 5.74) is 0.326. The SMILES string of the molecule is CCC(C)(C)N1CCN(C(=O)OC(C)(C)C)C(C(=O)N2CCN(c3ccc(Cl)c(Cl)c3)CC2)C1. The fraction of sp³-hybridized carbons (Fsp3) is 0.680. The van der Waals surface area contributed by atoms with Crippen LogP contribution in [-0.2, 0) is 9.53 Å². The fourth-order valence-electron chi connectivity index (χ4n) is 4.38. The molecule has 3 rings (SSSR count). The monoisotopic (exact) mass is 512 g/mol. The molecular weight excluding hydrogens is 475 g/mol. The number of piperazine rings is 2. The Labute approximate surface area is 213 Å². The Morgan fingerprint density at radius 1 is 0.971 bits per heavy atom. The summed E-state index contributed by atoms with van der Waals surface area (Å²) in [7, 11) is 0. The maximum Gasteiger partial charge on any atom is 0.411 e. The number of ether oxygens (including phenoxy) is 1. The minimum atomic E-state index is -0.615. The van der Waals surface area contributed by atoms with Gasteiger partial charge in [-0.05, 0) is 59.2 Å². The van der Waals surface area contributed by atoms with E-state index in [1.807, 2.05) is 37.8 Å². The van der Waals surface area contributed by atoms with E-state index in [1.165, 1.54) is 0 Å². The summed E-state index contributed by atoms with van der Waals surface area (Å²) in [5.74, 6) is -0.0174. The van der Waals surface area contributed by atoms with Crippen LogP contribution in [0.4, 0.5) is 10.5 Å². The molecule has 0 aromatic heterocycles. The molecule has 0 N–H and O–H groups in total. The van der Waals surface area contributed by atoms with Crippen LogP contribution in [0.5, 0.6) is 0 Å². The number of hydrogen-bond donors (Lipinski definition) is 0. The molecule has 34 heavy (non-hydrogen) atoms. The number of amides is 2. The first-order valence-corrected chi connectivity index (χ1v) is 12.8. The minimum Gasteiger partial charge on any atom is -0.444 e. The Hall–Kier alpha value is -1.70. The zero-order chi connectivity index (χ0) is 25.3. The molecule has 1 aromatic carbocycles. The van der Waals surface area contributed by atoms with Gasteiger partial charge in [0, 0.05) is 57.0 Å². The second kappa shape index (κ2) is 10.5. The Bertz CT molecular complexity index is 895. The van der Waals surface area contributed by atoms with E-state index in [4.69, 9.17) is 27.9 Å². The highest BCUT2D eigenvalue weighted by atomic mass is 35.5. The van der Waals surface area contributed by atoms with Gasteiger partial charge < -0.3 is 14.5 Å². The Morgan fingerprint density at radius 2 is 1.62 bits per heavy atom. The molecule has 0 spiro atoms. The summed E-state index contributed by atoms with van der Waals surface area (Å²) < 4.78 is 5.65. The minimum absolute atomic E-state index is 0.0174. The molecule has 2 saturated heterocycles. The third kappa shape index (κ3) is 6.29. The van der Waals surface area contributed by atoms with Crippen molar-refractivity contribution in [2.24, 2.45) is 0 Å². The summed E-state index contributed by atoms with van der Waals surface area (Å²) >= 11 is 12.2. The molecule has 2 heterocycles. The highest BCUT2D eigenvalue weighted by molar-refractivity contribution is 6.42. The van der Waals surface area contributed by atoms with Crippen LogP contribution < -0.4 is 4.90 Å². The first-order chi connectivity index (χ1) is 15.8. The predicted molar refractivity (Wildman–Crippen MR) is 138 cm³/mol. The number of rotatable bonds is 4. The third-order valence-electron chi connectivity index (χ3n) is 6.87. The van der Waals surface area contributed by atoms with Gasteiger partial charge in [0.1, 0.15) is 11.6 Å². The van der Waals surface area contributed by atoms with Crippen molar-refractivity contribution in [1.82, 2.24) is 14.7 Å². The van der Waals surface area contributed by atoms with Crippen molar-refractivity contribution in [3.05, 3.63) is 28.2 Å². The number of halogens is 2. The van der Waals surface area contributed by atoms with E-state index in [0.717, 1.165) is 18.7 Å². The normalized spacial score (nSPS) is 20.5. The maximum absolute atomic E-state index is 13.7. The highest BCUT2D eigenvalue weighted by Gasteiger charge is 2.42. The van der Waals surface area contributed by atoms with Gasteiger partial charge >= 0.3 is 6.09 Å². The lowest BCUT2D eigenvalue weighted by Gasteiger charge is -2.48. The molecule has 9 heteroatoms. The van der Waals surface area contributed by atoms with Crippen LogP contribution >= 0.6 is 23.2 Å². The van der Waals surface area contributed by atoms with Crippen molar-refractivity contribution in [2.75, 3.05) is 50.7 Å². The molecule has 0 bridgehead atoms. The van der Waals surface area contributed by atoms with Gasteiger partial charge in [-0.3, -0.25) is 14.6 Å². The van der Waals surface area contributed by atoms with E-state index in [0.29, 0.717) is 49.3 Å². The topological polar surface area (TPSA) is 56.3 Å². The van der Waals surface area contributed by atoms with Gasteiger partial charge in [0.2, 0.25) is 5.91 Å². The number of nitrogens with zero attached hydrogens (tertiary/aromatic N) is 4. The van der Waals surface area contributed by atoms with Crippen LogP contribution in [0.3, 0.4) is 0 Å². The van der Waals surface area contributed by atoms with Gasteiger partial charge in [-0.2, -0.15) is 0 Å². The van der Waals surface area contributed by atoms with Crippen molar-refractivity contribution in [3.63, 3.8) is 0 Å². The molecule has 1 aromatic rings. The predicted octanol–water partition coefficient (Wildman–Crippen LogP) is 4.75. The molecule has 1 unspecified atom stereocenters. The van der Waals surface area contributed by atoms with Crippen LogP contribution in [0.2, 0.25) is 10.0 Å². The maximum atomic E-state index is 13.7. The van der Waals surface area contributed by atoms with Crippen molar-refractivity contribution in [1.29, 1.82) is 0 Å². The molecular formula is C25H38Cl2N4O3. The lowest BCUT2D eigenvalue weighted by atomic mass is 9.96. The summed E-state index contributed by atoms with van der Waals surface area (Å²) in [6, 6.07) is 5.03. The van der Waals surface area contributed by atoms with E-state index in [-0.39, 0.29) is 11.4 Å². The Kier molecular flexibility index (Phi) is 8.31. The molecule has 2 amide bonds. The second-order valence-electron chi connectivity index (χ2n) is 10.7. The van der Waals surface area contributed by atoms with Crippen LogP contribution in [0.25, 0.3) is 0 Å². The van der Waals surface area contributed by atoms with Crippen molar-refractivity contribution >= 4 is 40.9 Å². The van der Waals surface area contributed by atoms with Gasteiger partial charge in [-0.1, -0.05) is 30.1 Å². The summed E-state index contributed by atoms with van der Waals surface area (Å²) in [5, 5.41) is 1.05. The lowest BCUT2D eigenvalue weighted by Crippen LogP contribution is -2.65. The molecule has 2 aliphatic rings. The Morgan fingerprint density at radius 3 is 2.18 bits per heavy atom. The number of carbonyl (C=O) groups is 2. The van der Waals surface area contributed by atoms with Gasteiger partial charge in [-0.15, -0.1) is 0 Å². The summed E-state index contributed by atoms with van der Waals surface area (Å²) in [6.07, 6.45) is 0.539. The highest BCUT2D eigenvalue weighted by Crippen LogP contribution is 2.29. The number of anilines is 1. The average molecular weight is 514 g/mol. The van der Waals surface area contributed by atoms with Crippen molar-refractivity contribution in [2.45, 2.75) is 65.1 Å². The largest absolute Gasteiger partial charge is 0.444 e. The fourth-order valence-corrected chi connectivity index (χ4v) is 4.68. The lowest BCUT2D eigenvalue weighted by molar-refractivity contribution is -0.141. The van der Waals surface area contributed by atoms with E-state index < -0.39 is 17.7 Å². The first kappa shape index (κ1) is 26.9. The standard InChI is InChI=1S/C25H38Cl2N4O3/c1-7-25(5,6)30-14-15-31(23(33)34-24(2,3)4)21(17-30)22(32)29-12-10-28(11-13-29)18-8-9-19(26)20(27)16-18/h8-9,16,21H,7,10-15,17H2,1-6H3. The van der Waals surface area contributed by atoms with Gasteiger partial charge in [0.25, 0.3) is 0 Å². The smallest absolute Gasteiger partial charge is 0.411 e. The molecule has 0 radical (unpaired) electrons. The van der Waals surface area contributed by atoms with E-state index in [9.17, 15) is 9.59 Å². The van der Waals surface area contributed by atoms with Gasteiger partial charge in [0.15, 0.2) is 0 Å². The molecule has 7 nitrogen and oxygen atoms in total. The molecule has 190 valence electrons. The molecule has 0 saturated carbocycles. The number of benzene rings is 1. The quantitative estimate of drug-likeness (QED) is 0.582. The van der Waals surface area contributed by atoms with Crippen molar-refractivity contribution < 1.29 is 14.3 Å². The second-order valence-corrected chi connectivity index (χ2v) is 11.5. The molecule has 2 aliphatic heterocycles.